The average molecular weight is 557 g/mol. The number of benzene rings is 2. The van der Waals surface area contributed by atoms with E-state index < -0.39 is 12.3 Å². The minimum absolute atomic E-state index is 0.0238. The van der Waals surface area contributed by atoms with E-state index in [0.717, 1.165) is 43.4 Å². The molecule has 3 aromatic rings. The fourth-order valence-corrected chi connectivity index (χ4v) is 6.14. The van der Waals surface area contributed by atoms with Gasteiger partial charge in [0.15, 0.2) is 0 Å². The maximum atomic E-state index is 13.4. The summed E-state index contributed by atoms with van der Waals surface area (Å²) in [6.45, 7) is 0. The van der Waals surface area contributed by atoms with Gasteiger partial charge in [-0.1, -0.05) is 29.7 Å². The van der Waals surface area contributed by atoms with E-state index in [-0.39, 0.29) is 60.4 Å². The number of alkyl halides is 3. The monoisotopic (exact) mass is 556 g/mol. The maximum Gasteiger partial charge on any atom is 0.573 e. The van der Waals surface area contributed by atoms with Crippen molar-refractivity contribution in [2.45, 2.75) is 69.4 Å². The third-order valence-corrected chi connectivity index (χ3v) is 7.82. The first kappa shape index (κ1) is 26.1. The molecular weight excluding hydrogens is 529 g/mol. The zero-order valence-electron chi connectivity index (χ0n) is 21.4. The Morgan fingerprint density at radius 3 is 2.48 bits per heavy atom. The highest BCUT2D eigenvalue weighted by Crippen LogP contribution is 2.54. The number of anilines is 2. The fourth-order valence-electron chi connectivity index (χ4n) is 6.14. The van der Waals surface area contributed by atoms with Gasteiger partial charge in [-0.05, 0) is 61.6 Å². The third-order valence-electron chi connectivity index (χ3n) is 7.82. The lowest BCUT2D eigenvalue weighted by Gasteiger charge is -2.47. The number of aromatic nitrogens is 2. The Morgan fingerprint density at radius 1 is 1.02 bits per heavy atom. The van der Waals surface area contributed by atoms with E-state index >= 15 is 0 Å². The van der Waals surface area contributed by atoms with E-state index in [1.165, 1.54) is 24.3 Å². The van der Waals surface area contributed by atoms with Crippen LogP contribution in [0.3, 0.4) is 0 Å². The third kappa shape index (κ3) is 5.09. The number of fused-ring (bicyclic) bond motifs is 2. The van der Waals surface area contributed by atoms with Crippen LogP contribution in [0.5, 0.6) is 5.75 Å². The van der Waals surface area contributed by atoms with E-state index in [2.05, 4.69) is 14.9 Å². The summed E-state index contributed by atoms with van der Waals surface area (Å²) in [4.78, 5) is 28.5. The molecule has 40 heavy (non-hydrogen) atoms. The predicted molar refractivity (Wildman–Crippen MR) is 136 cm³/mol. The minimum atomic E-state index is -4.79. The highest BCUT2D eigenvalue weighted by molar-refractivity contribution is 5.82. The first-order chi connectivity index (χ1) is 19.2. The first-order valence-corrected chi connectivity index (χ1v) is 13.3. The van der Waals surface area contributed by atoms with Crippen LogP contribution in [-0.2, 0) is 9.59 Å². The van der Waals surface area contributed by atoms with Crippen LogP contribution in [0.1, 0.15) is 56.6 Å². The molecule has 0 spiro atoms. The SMILES string of the molecule is O=C(O)CCC(=O)N(C1CC1)C1c2ccccc2N(c2nnc(-c3ccc(OC(F)(F)F)cc3)o2)C2CCCC21. The van der Waals surface area contributed by atoms with Crippen LogP contribution in [-0.4, -0.2) is 50.5 Å². The fraction of sp³-hybridized carbons (Fsp3) is 0.429. The van der Waals surface area contributed by atoms with E-state index in [1.807, 2.05) is 34.1 Å². The topological polar surface area (TPSA) is 109 Å². The van der Waals surface area contributed by atoms with Gasteiger partial charge >= 0.3 is 18.3 Å². The molecule has 2 saturated carbocycles. The molecule has 3 unspecified atom stereocenters. The number of ether oxygens (including phenoxy) is 1. The molecule has 210 valence electrons. The molecule has 9 nitrogen and oxygen atoms in total. The number of carboxylic acid groups (broad SMARTS) is 1. The molecule has 0 radical (unpaired) electrons. The van der Waals surface area contributed by atoms with Gasteiger partial charge in [-0.25, -0.2) is 0 Å². The molecule has 2 aliphatic carbocycles. The van der Waals surface area contributed by atoms with Gasteiger partial charge in [-0.2, -0.15) is 0 Å². The van der Waals surface area contributed by atoms with Crippen LogP contribution in [0.15, 0.2) is 52.9 Å². The smallest absolute Gasteiger partial charge is 0.481 e. The number of halogens is 3. The van der Waals surface area contributed by atoms with Crippen molar-refractivity contribution in [3.8, 4) is 17.2 Å². The second-order valence-electron chi connectivity index (χ2n) is 10.4. The standard InChI is InChI=1S/C28H27F3N4O5/c29-28(30,31)40-18-12-8-16(9-13-18)26-32-33-27(39-26)35-21-6-2-1-4-19(21)25(20-5-3-7-22(20)35)34(17-10-11-17)23(36)14-15-24(37)38/h1-2,4,6,8-9,12-13,17,20,22,25H,3,5,7,10-11,14-15H2,(H,37,38). The van der Waals surface area contributed by atoms with Crippen molar-refractivity contribution in [3.05, 3.63) is 54.1 Å². The molecule has 1 amide bonds. The van der Waals surface area contributed by atoms with Crippen molar-refractivity contribution in [2.24, 2.45) is 5.92 Å². The highest BCUT2D eigenvalue weighted by atomic mass is 19.4. The van der Waals surface area contributed by atoms with Gasteiger partial charge in [0.2, 0.25) is 11.8 Å². The number of rotatable bonds is 8. The summed E-state index contributed by atoms with van der Waals surface area (Å²) in [5.41, 5.74) is 2.24. The maximum absolute atomic E-state index is 13.4. The molecule has 0 saturated heterocycles. The summed E-state index contributed by atoms with van der Waals surface area (Å²) < 4.78 is 47.6. The molecule has 6 rings (SSSR count). The van der Waals surface area contributed by atoms with Crippen molar-refractivity contribution < 1.29 is 37.0 Å². The molecule has 3 aliphatic rings. The quantitative estimate of drug-likeness (QED) is 0.368. The summed E-state index contributed by atoms with van der Waals surface area (Å²) >= 11 is 0. The van der Waals surface area contributed by atoms with Crippen LogP contribution in [0.2, 0.25) is 0 Å². The molecule has 3 atom stereocenters. The molecule has 2 aromatic carbocycles. The normalized spacial score (nSPS) is 22.0. The lowest BCUT2D eigenvalue weighted by atomic mass is 9.81. The number of hydrogen-bond acceptors (Lipinski definition) is 7. The van der Waals surface area contributed by atoms with Crippen molar-refractivity contribution in [1.82, 2.24) is 15.1 Å². The molecule has 1 aliphatic heterocycles. The van der Waals surface area contributed by atoms with Crippen molar-refractivity contribution >= 4 is 23.6 Å². The molecule has 2 heterocycles. The number of para-hydroxylation sites is 1. The van der Waals surface area contributed by atoms with E-state index in [9.17, 15) is 22.8 Å². The zero-order chi connectivity index (χ0) is 28.0. The van der Waals surface area contributed by atoms with E-state index in [4.69, 9.17) is 9.52 Å². The second-order valence-corrected chi connectivity index (χ2v) is 10.4. The van der Waals surface area contributed by atoms with Gasteiger partial charge < -0.3 is 19.2 Å². The molecular formula is C28H27F3N4O5. The molecule has 0 bridgehead atoms. The Morgan fingerprint density at radius 2 is 1.77 bits per heavy atom. The zero-order valence-corrected chi connectivity index (χ0v) is 21.4. The summed E-state index contributed by atoms with van der Waals surface area (Å²) in [6, 6.07) is 13.2. The molecule has 1 aromatic heterocycles. The van der Waals surface area contributed by atoms with Gasteiger partial charge in [0.25, 0.3) is 0 Å². The van der Waals surface area contributed by atoms with E-state index in [1.54, 1.807) is 0 Å². The van der Waals surface area contributed by atoms with Crippen LogP contribution < -0.4 is 9.64 Å². The van der Waals surface area contributed by atoms with Crippen LogP contribution in [0.25, 0.3) is 11.5 Å². The minimum Gasteiger partial charge on any atom is -0.481 e. The van der Waals surface area contributed by atoms with Crippen molar-refractivity contribution in [3.63, 3.8) is 0 Å². The van der Waals surface area contributed by atoms with Gasteiger partial charge in [-0.3, -0.25) is 14.5 Å². The Hall–Kier alpha value is -4.09. The number of aliphatic carboxylic acids is 1. The largest absolute Gasteiger partial charge is 0.573 e. The Balaban J connectivity index is 1.33. The van der Waals surface area contributed by atoms with Crippen LogP contribution >= 0.6 is 0 Å². The number of hydrogen-bond donors (Lipinski definition) is 1. The van der Waals surface area contributed by atoms with E-state index in [0.29, 0.717) is 5.56 Å². The van der Waals surface area contributed by atoms with Gasteiger partial charge in [-0.15, -0.1) is 18.3 Å². The van der Waals surface area contributed by atoms with Gasteiger partial charge in [0.1, 0.15) is 5.75 Å². The Labute approximate surface area is 227 Å². The van der Waals surface area contributed by atoms with Crippen molar-refractivity contribution in [2.75, 3.05) is 4.90 Å². The number of carbonyl (C=O) groups is 2. The number of amides is 1. The van der Waals surface area contributed by atoms with Crippen LogP contribution in [0, 0.1) is 5.92 Å². The molecule has 12 heteroatoms. The lowest BCUT2D eigenvalue weighted by Crippen LogP contribution is -2.49. The Kier molecular flexibility index (Phi) is 6.63. The predicted octanol–water partition coefficient (Wildman–Crippen LogP) is 5.85. The number of carbonyl (C=O) groups excluding carboxylic acids is 1. The first-order valence-electron chi connectivity index (χ1n) is 13.3. The molecule has 2 fully saturated rings. The van der Waals surface area contributed by atoms with Crippen LogP contribution in [0.4, 0.5) is 24.9 Å². The highest BCUT2D eigenvalue weighted by Gasteiger charge is 2.51. The summed E-state index contributed by atoms with van der Waals surface area (Å²) in [5, 5.41) is 17.7. The summed E-state index contributed by atoms with van der Waals surface area (Å²) in [5.74, 6) is -1.24. The van der Waals surface area contributed by atoms with Gasteiger partial charge in [0, 0.05) is 30.0 Å². The number of nitrogens with zero attached hydrogens (tertiary/aromatic N) is 4. The van der Waals surface area contributed by atoms with Gasteiger partial charge in [0.05, 0.1) is 18.2 Å². The van der Waals surface area contributed by atoms with Crippen molar-refractivity contribution in [1.29, 1.82) is 0 Å². The summed E-state index contributed by atoms with van der Waals surface area (Å²) in [7, 11) is 0. The molecule has 1 N–H and O–H groups in total. The Bertz CT molecular complexity index is 1410. The average Bonchev–Trinajstić information content (AvgIpc) is 3.41. The lowest BCUT2D eigenvalue weighted by molar-refractivity contribution is -0.274. The summed E-state index contributed by atoms with van der Waals surface area (Å²) in [6.07, 6.45) is -0.547. The number of carboxylic acids is 1. The second kappa shape index (κ2) is 10.1.